The molecule has 1 aromatic heterocycles. The van der Waals surface area contributed by atoms with Crippen molar-refractivity contribution in [3.63, 3.8) is 0 Å². The first-order valence-electron chi connectivity index (χ1n) is 7.04. The van der Waals surface area contributed by atoms with Gasteiger partial charge in [-0.05, 0) is 13.3 Å². The van der Waals surface area contributed by atoms with E-state index in [0.717, 1.165) is 30.1 Å². The molecule has 2 heterocycles. The van der Waals surface area contributed by atoms with Gasteiger partial charge in [-0.15, -0.1) is 0 Å². The van der Waals surface area contributed by atoms with E-state index >= 15 is 0 Å². The van der Waals surface area contributed by atoms with Gasteiger partial charge in [-0.2, -0.15) is 16.7 Å². The molecule has 1 aromatic rings. The van der Waals surface area contributed by atoms with Gasteiger partial charge in [-0.3, -0.25) is 0 Å². The van der Waals surface area contributed by atoms with Crippen molar-refractivity contribution in [3.8, 4) is 0 Å². The Morgan fingerprint density at radius 3 is 2.95 bits per heavy atom. The molecular formula is C13H22N4O2S2. The molecule has 0 radical (unpaired) electrons. The van der Waals surface area contributed by atoms with Crippen molar-refractivity contribution >= 4 is 33.4 Å². The Balaban J connectivity index is 2.33. The van der Waals surface area contributed by atoms with Gasteiger partial charge in [0.2, 0.25) is 5.95 Å². The molecular weight excluding hydrogens is 308 g/mol. The fraction of sp³-hybridized carbons (Fsp3) is 0.692. The number of thioether (sulfide) groups is 1. The Hall–Kier alpha value is -1.02. The van der Waals surface area contributed by atoms with Crippen molar-refractivity contribution in [2.45, 2.75) is 25.6 Å². The Morgan fingerprint density at radius 2 is 2.29 bits per heavy atom. The van der Waals surface area contributed by atoms with Crippen LogP contribution in [0.25, 0.3) is 0 Å². The van der Waals surface area contributed by atoms with Gasteiger partial charge in [0, 0.05) is 42.6 Å². The number of sulfone groups is 1. The standard InChI is InChI=1S/C13H22N4O2S2/c1-4-5-14-13-15-8-10(2)12(16-13)17-6-7-20-9-11(17)21(3,18)19/h8,11H,4-7,9H2,1-3H3,(H,14,15,16). The molecule has 0 aliphatic carbocycles. The molecule has 21 heavy (non-hydrogen) atoms. The quantitative estimate of drug-likeness (QED) is 0.877. The summed E-state index contributed by atoms with van der Waals surface area (Å²) in [6, 6.07) is 0. The molecule has 6 nitrogen and oxygen atoms in total. The topological polar surface area (TPSA) is 75.2 Å². The summed E-state index contributed by atoms with van der Waals surface area (Å²) in [5.74, 6) is 2.77. The minimum Gasteiger partial charge on any atom is -0.354 e. The summed E-state index contributed by atoms with van der Waals surface area (Å²) < 4.78 is 24.0. The summed E-state index contributed by atoms with van der Waals surface area (Å²) in [6.45, 7) is 5.48. The highest BCUT2D eigenvalue weighted by Crippen LogP contribution is 2.28. The Labute approximate surface area is 130 Å². The van der Waals surface area contributed by atoms with Gasteiger partial charge in [0.25, 0.3) is 0 Å². The number of aromatic nitrogens is 2. The lowest BCUT2D eigenvalue weighted by atomic mass is 10.3. The van der Waals surface area contributed by atoms with Crippen molar-refractivity contribution in [2.24, 2.45) is 0 Å². The van der Waals surface area contributed by atoms with Crippen LogP contribution in [-0.2, 0) is 9.84 Å². The summed E-state index contributed by atoms with van der Waals surface area (Å²) in [7, 11) is -3.15. The van der Waals surface area contributed by atoms with Crippen molar-refractivity contribution in [1.82, 2.24) is 9.97 Å². The smallest absolute Gasteiger partial charge is 0.224 e. The van der Waals surface area contributed by atoms with Crippen molar-refractivity contribution in [3.05, 3.63) is 11.8 Å². The van der Waals surface area contributed by atoms with Crippen LogP contribution in [-0.4, -0.2) is 54.6 Å². The van der Waals surface area contributed by atoms with Gasteiger partial charge in [-0.25, -0.2) is 13.4 Å². The molecule has 1 aliphatic heterocycles. The van der Waals surface area contributed by atoms with Gasteiger partial charge in [0.1, 0.15) is 11.2 Å². The van der Waals surface area contributed by atoms with Crippen LogP contribution in [0, 0.1) is 6.92 Å². The summed E-state index contributed by atoms with van der Waals surface area (Å²) in [4.78, 5) is 10.7. The lowest BCUT2D eigenvalue weighted by Gasteiger charge is -2.35. The van der Waals surface area contributed by atoms with Crippen LogP contribution in [0.2, 0.25) is 0 Å². The third-order valence-electron chi connectivity index (χ3n) is 3.33. The van der Waals surface area contributed by atoms with Crippen LogP contribution in [0.4, 0.5) is 11.8 Å². The zero-order chi connectivity index (χ0) is 15.5. The number of hydrogen-bond donors (Lipinski definition) is 1. The van der Waals surface area contributed by atoms with Crippen LogP contribution < -0.4 is 10.2 Å². The number of hydrogen-bond acceptors (Lipinski definition) is 7. The normalized spacial score (nSPS) is 19.6. The first-order valence-corrected chi connectivity index (χ1v) is 10.1. The number of rotatable bonds is 5. The predicted molar refractivity (Wildman–Crippen MR) is 88.9 cm³/mol. The second kappa shape index (κ2) is 6.83. The highest BCUT2D eigenvalue weighted by atomic mass is 32.2. The average molecular weight is 330 g/mol. The highest BCUT2D eigenvalue weighted by molar-refractivity contribution is 8.01. The molecule has 1 saturated heterocycles. The second-order valence-corrected chi connectivity index (χ2v) is 8.53. The number of nitrogens with zero attached hydrogens (tertiary/aromatic N) is 3. The molecule has 1 fully saturated rings. The van der Waals surface area contributed by atoms with Gasteiger partial charge in [-0.1, -0.05) is 6.92 Å². The van der Waals surface area contributed by atoms with Gasteiger partial charge in [0.05, 0.1) is 0 Å². The number of nitrogens with one attached hydrogen (secondary N) is 1. The van der Waals surface area contributed by atoms with Crippen molar-refractivity contribution in [1.29, 1.82) is 0 Å². The monoisotopic (exact) mass is 330 g/mol. The molecule has 1 unspecified atom stereocenters. The maximum atomic E-state index is 12.0. The van der Waals surface area contributed by atoms with Crippen molar-refractivity contribution < 1.29 is 8.42 Å². The molecule has 0 aromatic carbocycles. The molecule has 8 heteroatoms. The fourth-order valence-corrected chi connectivity index (χ4v) is 5.04. The molecule has 0 bridgehead atoms. The van der Waals surface area contributed by atoms with Crippen LogP contribution in [0.1, 0.15) is 18.9 Å². The Morgan fingerprint density at radius 1 is 1.52 bits per heavy atom. The minimum atomic E-state index is -3.15. The van der Waals surface area contributed by atoms with Gasteiger partial charge in [0.15, 0.2) is 9.84 Å². The van der Waals surface area contributed by atoms with E-state index in [4.69, 9.17) is 0 Å². The largest absolute Gasteiger partial charge is 0.354 e. The molecule has 0 saturated carbocycles. The summed E-state index contributed by atoms with van der Waals surface area (Å²) in [5, 5.41) is 2.64. The first-order chi connectivity index (χ1) is 9.93. The fourth-order valence-electron chi connectivity index (χ4n) is 2.22. The van der Waals surface area contributed by atoms with Crippen LogP contribution in [0.15, 0.2) is 6.20 Å². The third-order valence-corrected chi connectivity index (χ3v) is 5.97. The van der Waals surface area contributed by atoms with E-state index in [2.05, 4.69) is 22.2 Å². The minimum absolute atomic E-state index is 0.510. The van der Waals surface area contributed by atoms with E-state index in [1.165, 1.54) is 6.26 Å². The molecule has 118 valence electrons. The van der Waals surface area contributed by atoms with E-state index in [9.17, 15) is 8.42 Å². The van der Waals surface area contributed by atoms with Crippen LogP contribution >= 0.6 is 11.8 Å². The average Bonchev–Trinajstić information content (AvgIpc) is 2.45. The summed E-state index contributed by atoms with van der Waals surface area (Å²) >= 11 is 1.67. The lowest BCUT2D eigenvalue weighted by Crippen LogP contribution is -2.47. The molecule has 1 atom stereocenters. The number of anilines is 2. The van der Waals surface area contributed by atoms with Crippen LogP contribution in [0.3, 0.4) is 0 Å². The highest BCUT2D eigenvalue weighted by Gasteiger charge is 2.32. The molecule has 1 aliphatic rings. The third kappa shape index (κ3) is 4.00. The van der Waals surface area contributed by atoms with Crippen LogP contribution in [0.5, 0.6) is 0 Å². The molecule has 2 rings (SSSR count). The lowest BCUT2D eigenvalue weighted by molar-refractivity contribution is 0.583. The van der Waals surface area contributed by atoms with E-state index in [1.54, 1.807) is 18.0 Å². The molecule has 1 N–H and O–H groups in total. The maximum absolute atomic E-state index is 12.0. The SMILES string of the molecule is CCCNc1ncc(C)c(N2CCSCC2S(C)(=O)=O)n1. The van der Waals surface area contributed by atoms with E-state index in [1.807, 2.05) is 11.8 Å². The summed E-state index contributed by atoms with van der Waals surface area (Å²) in [6.07, 6.45) is 4.03. The second-order valence-electron chi connectivity index (χ2n) is 5.18. The Kier molecular flexibility index (Phi) is 5.32. The van der Waals surface area contributed by atoms with Crippen molar-refractivity contribution in [2.75, 3.05) is 41.1 Å². The molecule has 0 amide bonds. The van der Waals surface area contributed by atoms with E-state index in [0.29, 0.717) is 18.2 Å². The van der Waals surface area contributed by atoms with E-state index < -0.39 is 15.2 Å². The number of aryl methyl sites for hydroxylation is 1. The maximum Gasteiger partial charge on any atom is 0.224 e. The van der Waals surface area contributed by atoms with Gasteiger partial charge >= 0.3 is 0 Å². The summed E-state index contributed by atoms with van der Waals surface area (Å²) in [5.41, 5.74) is 0.901. The molecule has 0 spiro atoms. The zero-order valence-corrected chi connectivity index (χ0v) is 14.3. The van der Waals surface area contributed by atoms with Gasteiger partial charge < -0.3 is 10.2 Å². The first kappa shape index (κ1) is 16.4. The predicted octanol–water partition coefficient (Wildman–Crippen LogP) is 1.53. The Bertz CT molecular complexity index is 592. The van der Waals surface area contributed by atoms with E-state index in [-0.39, 0.29) is 0 Å². The zero-order valence-electron chi connectivity index (χ0n) is 12.7.